The zero-order valence-electron chi connectivity index (χ0n) is 18.2. The molecule has 6 nitrogen and oxygen atoms in total. The number of alkyl halides is 3. The second kappa shape index (κ2) is 10.0. The van der Waals surface area contributed by atoms with Crippen LogP contribution >= 0.6 is 0 Å². The van der Waals surface area contributed by atoms with Gasteiger partial charge in [-0.1, -0.05) is 26.0 Å². The topological polar surface area (TPSA) is 65.5 Å². The molecular formula is C23H27F3N4O2. The molecule has 1 aliphatic rings. The Balaban J connectivity index is 1.57. The van der Waals surface area contributed by atoms with Crippen molar-refractivity contribution in [1.82, 2.24) is 9.88 Å². The average molecular weight is 448 g/mol. The number of amides is 2. The molecular weight excluding hydrogens is 421 g/mol. The van der Waals surface area contributed by atoms with Gasteiger partial charge in [-0.05, 0) is 36.6 Å². The van der Waals surface area contributed by atoms with Crippen molar-refractivity contribution >= 4 is 23.3 Å². The summed E-state index contributed by atoms with van der Waals surface area (Å²) in [7, 11) is 0. The standard InChI is InChI=1S/C23H27F3N4O2/c1-16(2)7-10-21(31)28-17-8-9-20(27-15-17)29-11-13-30(14-12-29)22(32)18-5-3-4-6-19(18)23(24,25)26/h3-6,8-9,15-16H,7,10-14H2,1-2H3,(H,28,31). The van der Waals surface area contributed by atoms with Crippen molar-refractivity contribution < 1.29 is 22.8 Å². The highest BCUT2D eigenvalue weighted by atomic mass is 19.4. The molecule has 0 radical (unpaired) electrons. The second-order valence-electron chi connectivity index (χ2n) is 8.21. The van der Waals surface area contributed by atoms with E-state index in [1.165, 1.54) is 23.1 Å². The van der Waals surface area contributed by atoms with Crippen LogP contribution in [0.2, 0.25) is 0 Å². The Bertz CT molecular complexity index is 937. The van der Waals surface area contributed by atoms with Gasteiger partial charge in [0.25, 0.3) is 5.91 Å². The number of carbonyl (C=O) groups is 2. The molecule has 0 aliphatic carbocycles. The lowest BCUT2D eigenvalue weighted by Crippen LogP contribution is -2.49. The molecule has 0 saturated carbocycles. The molecule has 172 valence electrons. The van der Waals surface area contributed by atoms with Crippen molar-refractivity contribution in [2.24, 2.45) is 5.92 Å². The molecule has 1 aromatic carbocycles. The predicted octanol–water partition coefficient (Wildman–Crippen LogP) is 4.44. The summed E-state index contributed by atoms with van der Waals surface area (Å²) >= 11 is 0. The monoisotopic (exact) mass is 448 g/mol. The van der Waals surface area contributed by atoms with Gasteiger partial charge in [-0.15, -0.1) is 0 Å². The Morgan fingerprint density at radius 3 is 2.34 bits per heavy atom. The molecule has 1 aliphatic heterocycles. The number of benzene rings is 1. The maximum atomic E-state index is 13.2. The van der Waals surface area contributed by atoms with E-state index in [0.717, 1.165) is 12.5 Å². The quantitative estimate of drug-likeness (QED) is 0.710. The molecule has 1 fully saturated rings. The highest BCUT2D eigenvalue weighted by molar-refractivity contribution is 5.96. The minimum atomic E-state index is -4.58. The van der Waals surface area contributed by atoms with E-state index in [1.54, 1.807) is 18.3 Å². The molecule has 0 unspecified atom stereocenters. The van der Waals surface area contributed by atoms with Gasteiger partial charge in [0.05, 0.1) is 23.0 Å². The Hall–Kier alpha value is -3.10. The van der Waals surface area contributed by atoms with E-state index in [4.69, 9.17) is 0 Å². The molecule has 0 spiro atoms. The lowest BCUT2D eigenvalue weighted by Gasteiger charge is -2.35. The Morgan fingerprint density at radius 2 is 1.75 bits per heavy atom. The molecule has 1 aromatic heterocycles. The number of nitrogens with one attached hydrogen (secondary N) is 1. The Morgan fingerprint density at radius 1 is 1.06 bits per heavy atom. The van der Waals surface area contributed by atoms with Crippen LogP contribution < -0.4 is 10.2 Å². The van der Waals surface area contributed by atoms with E-state index in [-0.39, 0.29) is 11.5 Å². The molecule has 32 heavy (non-hydrogen) atoms. The zero-order valence-corrected chi connectivity index (χ0v) is 18.2. The van der Waals surface area contributed by atoms with Crippen molar-refractivity contribution in [2.45, 2.75) is 32.9 Å². The highest BCUT2D eigenvalue weighted by Gasteiger charge is 2.36. The first-order valence-corrected chi connectivity index (χ1v) is 10.6. The third kappa shape index (κ3) is 5.99. The van der Waals surface area contributed by atoms with E-state index in [2.05, 4.69) is 24.1 Å². The highest BCUT2D eigenvalue weighted by Crippen LogP contribution is 2.32. The number of halogens is 3. The normalized spacial score (nSPS) is 14.6. The van der Waals surface area contributed by atoms with Gasteiger partial charge < -0.3 is 15.1 Å². The number of carbonyl (C=O) groups excluding carboxylic acids is 2. The molecule has 2 amide bonds. The van der Waals surface area contributed by atoms with E-state index in [1.807, 2.05) is 4.90 Å². The lowest BCUT2D eigenvalue weighted by molar-refractivity contribution is -0.138. The van der Waals surface area contributed by atoms with Gasteiger partial charge in [0.2, 0.25) is 5.91 Å². The van der Waals surface area contributed by atoms with Crippen LogP contribution in [0.4, 0.5) is 24.7 Å². The summed E-state index contributed by atoms with van der Waals surface area (Å²) < 4.78 is 39.7. The molecule has 3 rings (SSSR count). The fourth-order valence-electron chi connectivity index (χ4n) is 3.52. The Kier molecular flexibility index (Phi) is 7.37. The Labute approximate surface area is 185 Å². The van der Waals surface area contributed by atoms with Gasteiger partial charge in [0.15, 0.2) is 0 Å². The van der Waals surface area contributed by atoms with E-state index < -0.39 is 17.6 Å². The molecule has 9 heteroatoms. The summed E-state index contributed by atoms with van der Waals surface area (Å²) in [5.41, 5.74) is -0.635. The number of aromatic nitrogens is 1. The number of pyridine rings is 1. The molecule has 0 bridgehead atoms. The van der Waals surface area contributed by atoms with Crippen LogP contribution in [-0.2, 0) is 11.0 Å². The number of hydrogen-bond donors (Lipinski definition) is 1. The van der Waals surface area contributed by atoms with Crippen LogP contribution in [0.15, 0.2) is 42.6 Å². The number of nitrogens with zero attached hydrogens (tertiary/aromatic N) is 3. The largest absolute Gasteiger partial charge is 0.417 e. The minimum absolute atomic E-state index is 0.0560. The molecule has 0 atom stereocenters. The van der Waals surface area contributed by atoms with Crippen molar-refractivity contribution in [3.8, 4) is 0 Å². The van der Waals surface area contributed by atoms with Crippen molar-refractivity contribution in [2.75, 3.05) is 36.4 Å². The van der Waals surface area contributed by atoms with Crippen LogP contribution in [-0.4, -0.2) is 47.9 Å². The van der Waals surface area contributed by atoms with Gasteiger partial charge in [0, 0.05) is 32.6 Å². The van der Waals surface area contributed by atoms with Gasteiger partial charge in [-0.2, -0.15) is 13.2 Å². The van der Waals surface area contributed by atoms with Gasteiger partial charge >= 0.3 is 6.18 Å². The zero-order chi connectivity index (χ0) is 23.3. The van der Waals surface area contributed by atoms with Crippen LogP contribution in [0.5, 0.6) is 0 Å². The van der Waals surface area contributed by atoms with E-state index in [0.29, 0.717) is 50.0 Å². The van der Waals surface area contributed by atoms with Crippen LogP contribution in [0, 0.1) is 5.92 Å². The summed E-state index contributed by atoms with van der Waals surface area (Å²) in [4.78, 5) is 32.4. The van der Waals surface area contributed by atoms with Gasteiger partial charge in [-0.25, -0.2) is 4.98 Å². The van der Waals surface area contributed by atoms with E-state index >= 15 is 0 Å². The number of piperazine rings is 1. The van der Waals surface area contributed by atoms with Crippen LogP contribution in [0.1, 0.15) is 42.6 Å². The third-order valence-electron chi connectivity index (χ3n) is 5.33. The third-order valence-corrected chi connectivity index (χ3v) is 5.33. The van der Waals surface area contributed by atoms with Gasteiger partial charge in [-0.3, -0.25) is 9.59 Å². The first kappa shape index (κ1) is 23.6. The van der Waals surface area contributed by atoms with E-state index in [9.17, 15) is 22.8 Å². The fourth-order valence-corrected chi connectivity index (χ4v) is 3.52. The molecule has 2 heterocycles. The van der Waals surface area contributed by atoms with Crippen molar-refractivity contribution in [3.05, 3.63) is 53.7 Å². The fraction of sp³-hybridized carbons (Fsp3) is 0.435. The summed E-state index contributed by atoms with van der Waals surface area (Å²) in [6.45, 7) is 5.61. The maximum absolute atomic E-state index is 13.2. The lowest BCUT2D eigenvalue weighted by atomic mass is 10.1. The van der Waals surface area contributed by atoms with Crippen LogP contribution in [0.3, 0.4) is 0 Å². The van der Waals surface area contributed by atoms with Crippen molar-refractivity contribution in [3.63, 3.8) is 0 Å². The minimum Gasteiger partial charge on any atom is -0.353 e. The summed E-state index contributed by atoms with van der Waals surface area (Å²) in [5, 5.41) is 2.82. The predicted molar refractivity (Wildman–Crippen MR) is 116 cm³/mol. The first-order chi connectivity index (χ1) is 15.1. The summed E-state index contributed by atoms with van der Waals surface area (Å²) in [6, 6.07) is 8.41. The molecule has 1 N–H and O–H groups in total. The smallest absolute Gasteiger partial charge is 0.353 e. The molecule has 2 aromatic rings. The summed E-state index contributed by atoms with van der Waals surface area (Å²) in [6.07, 6.45) is -1.73. The number of rotatable bonds is 6. The summed E-state index contributed by atoms with van der Waals surface area (Å²) in [5.74, 6) is 0.464. The SMILES string of the molecule is CC(C)CCC(=O)Nc1ccc(N2CCN(C(=O)c3ccccc3C(F)(F)F)CC2)nc1. The van der Waals surface area contributed by atoms with Crippen LogP contribution in [0.25, 0.3) is 0 Å². The average Bonchev–Trinajstić information content (AvgIpc) is 2.77. The first-order valence-electron chi connectivity index (χ1n) is 10.6. The maximum Gasteiger partial charge on any atom is 0.417 e. The molecule has 1 saturated heterocycles. The second-order valence-corrected chi connectivity index (χ2v) is 8.21. The number of anilines is 2. The van der Waals surface area contributed by atoms with Gasteiger partial charge in [0.1, 0.15) is 5.82 Å². The number of hydrogen-bond acceptors (Lipinski definition) is 4. The van der Waals surface area contributed by atoms with Crippen molar-refractivity contribution in [1.29, 1.82) is 0 Å².